The van der Waals surface area contributed by atoms with E-state index in [9.17, 15) is 0 Å². The molecule has 0 radical (unpaired) electrons. The SMILES string of the molecule is C=C[Si]12O[Si]3(Br)O[Si]4(C=C)O[Si](C=C)(O1)O[Si]1(C=C)O[Si](C=C)(O2)O[Si](CCBr)(O3)O[Si](C=C)(O4)O1. The van der Waals surface area contributed by atoms with E-state index in [-0.39, 0.29) is 6.04 Å². The molecule has 6 heterocycles. The summed E-state index contributed by atoms with van der Waals surface area (Å²) in [6.07, 6.45) is 0. The van der Waals surface area contributed by atoms with Gasteiger partial charge in [0.15, 0.2) is 0 Å². The molecule has 36 heavy (non-hydrogen) atoms. The summed E-state index contributed by atoms with van der Waals surface area (Å²) in [5.74, 6) is 0. The third kappa shape index (κ3) is 4.38. The van der Waals surface area contributed by atoms with E-state index in [0.717, 1.165) is 0 Å². The van der Waals surface area contributed by atoms with Crippen molar-refractivity contribution >= 4 is 100 Å². The summed E-state index contributed by atoms with van der Waals surface area (Å²) in [6, 6.07) is 0.229. The van der Waals surface area contributed by atoms with E-state index < -0.39 is 69.1 Å². The number of rotatable bonds is 8. The van der Waals surface area contributed by atoms with E-state index >= 15 is 0 Å². The van der Waals surface area contributed by atoms with Gasteiger partial charge in [-0.3, -0.25) is 0 Å². The zero-order valence-corrected chi connectivity index (χ0v) is 29.9. The van der Waals surface area contributed by atoms with Crippen LogP contribution in [0.2, 0.25) is 6.04 Å². The predicted molar refractivity (Wildman–Crippen MR) is 148 cm³/mol. The molecule has 6 fully saturated rings. The molecule has 6 rings (SSSR count). The number of hydrogen-bond donors (Lipinski definition) is 0. The van der Waals surface area contributed by atoms with Crippen molar-refractivity contribution < 1.29 is 49.4 Å². The Balaban J connectivity index is 1.89. The molecule has 6 aliphatic heterocycles. The molecule has 0 amide bonds. The Morgan fingerprint density at radius 3 is 1.00 bits per heavy atom. The number of hydrogen-bond acceptors (Lipinski definition) is 12. The average Bonchev–Trinajstić information content (AvgIpc) is 2.78. The molecule has 12 nitrogen and oxygen atoms in total. The minimum absolute atomic E-state index is 0.229. The third-order valence-corrected chi connectivity index (χ3v) is 41.8. The summed E-state index contributed by atoms with van der Waals surface area (Å²) >= 11 is 7.00. The predicted octanol–water partition coefficient (Wildman–Crippen LogP) is 2.40. The van der Waals surface area contributed by atoms with Crippen molar-refractivity contribution in [1.29, 1.82) is 0 Å². The van der Waals surface area contributed by atoms with E-state index in [1.165, 1.54) is 34.2 Å². The fraction of sp³-hybridized carbons (Fsp3) is 0.143. The second kappa shape index (κ2) is 9.08. The van der Waals surface area contributed by atoms with E-state index in [1.54, 1.807) is 0 Å². The Morgan fingerprint density at radius 1 is 0.444 bits per heavy atom. The molecular weight excluding hydrogens is 745 g/mol. The summed E-state index contributed by atoms with van der Waals surface area (Å²) in [6.45, 7) is 23.5. The lowest BCUT2D eigenvalue weighted by atomic mass is 11.0. The molecule has 0 aromatic heterocycles. The van der Waals surface area contributed by atoms with Crippen LogP contribution < -0.4 is 0 Å². The highest BCUT2D eigenvalue weighted by atomic mass is 79.9. The highest BCUT2D eigenvalue weighted by Crippen LogP contribution is 2.50. The van der Waals surface area contributed by atoms with E-state index in [0.29, 0.717) is 5.33 Å². The molecule has 0 aromatic carbocycles. The Labute approximate surface area is 233 Å². The van der Waals surface area contributed by atoms with Gasteiger partial charge in [-0.05, 0) is 49.5 Å². The average molecular weight is 767 g/mol. The van der Waals surface area contributed by atoms with Crippen LogP contribution in [-0.2, 0) is 49.4 Å². The van der Waals surface area contributed by atoms with Gasteiger partial charge in [-0.2, -0.15) is 0 Å². The Hall–Kier alpha value is 0.655. The van der Waals surface area contributed by atoms with Crippen LogP contribution in [0.5, 0.6) is 0 Å². The van der Waals surface area contributed by atoms with E-state index in [4.69, 9.17) is 49.4 Å². The van der Waals surface area contributed by atoms with Crippen molar-refractivity contribution in [1.82, 2.24) is 0 Å². The smallest absolute Gasteiger partial charge is 0.370 e. The fourth-order valence-electron chi connectivity index (χ4n) is 3.87. The van der Waals surface area contributed by atoms with Crippen molar-refractivity contribution in [2.45, 2.75) is 6.04 Å². The third-order valence-electron chi connectivity index (χ3n) is 5.29. The second-order valence-electron chi connectivity index (χ2n) is 7.67. The maximum Gasteiger partial charge on any atom is 0.558 e. The van der Waals surface area contributed by atoms with Crippen LogP contribution >= 0.6 is 31.2 Å². The highest BCUT2D eigenvalue weighted by molar-refractivity contribution is 9.25. The molecule has 0 aliphatic carbocycles. The second-order valence-corrected chi connectivity index (χ2v) is 33.7. The Kier molecular flexibility index (Phi) is 7.11. The monoisotopic (exact) mass is 764 g/mol. The Bertz CT molecular complexity index is 1000. The molecule has 4 unspecified atom stereocenters. The van der Waals surface area contributed by atoms with Crippen LogP contribution in [-0.4, -0.2) is 74.4 Å². The van der Waals surface area contributed by atoms with Crippen molar-refractivity contribution in [2.75, 3.05) is 5.33 Å². The first-order valence-corrected chi connectivity index (χ1v) is 28.2. The maximum atomic E-state index is 6.66. The van der Waals surface area contributed by atoms with Gasteiger partial charge in [0, 0.05) is 11.4 Å². The van der Waals surface area contributed by atoms with Crippen LogP contribution in [0.3, 0.4) is 0 Å². The number of halogens is 2. The quantitative estimate of drug-likeness (QED) is 0.206. The summed E-state index contributed by atoms with van der Waals surface area (Å²) in [4.78, 5) is 0. The molecule has 0 aromatic rings. The van der Waals surface area contributed by atoms with Crippen LogP contribution in [0.15, 0.2) is 73.7 Å². The molecular formula is C14H22Br2O12Si8. The van der Waals surface area contributed by atoms with Gasteiger partial charge in [-0.1, -0.05) is 15.9 Å². The lowest BCUT2D eigenvalue weighted by Gasteiger charge is -2.60. The lowest BCUT2D eigenvalue weighted by molar-refractivity contribution is -0.00521. The largest absolute Gasteiger partial charge is 0.558 e. The van der Waals surface area contributed by atoms with Crippen molar-refractivity contribution in [3.05, 3.63) is 73.7 Å². The summed E-state index contributed by atoms with van der Waals surface area (Å²) in [7, 11) is -32.2. The first kappa shape index (κ1) is 28.2. The molecule has 8 bridgehead atoms. The molecule has 22 heteroatoms. The zero-order chi connectivity index (χ0) is 26.1. The van der Waals surface area contributed by atoms with E-state index in [2.05, 4.69) is 70.7 Å². The molecule has 6 aliphatic rings. The fourth-order valence-corrected chi connectivity index (χ4v) is 50.8. The van der Waals surface area contributed by atoms with Crippen molar-refractivity contribution in [3.8, 4) is 0 Å². The van der Waals surface area contributed by atoms with Crippen LogP contribution in [0, 0.1) is 0 Å². The van der Waals surface area contributed by atoms with Gasteiger partial charge in [-0.25, -0.2) is 0 Å². The van der Waals surface area contributed by atoms with Gasteiger partial charge < -0.3 is 49.4 Å². The zero-order valence-electron chi connectivity index (χ0n) is 18.8. The molecule has 0 spiro atoms. The normalized spacial score (nSPS) is 53.2. The van der Waals surface area contributed by atoms with Gasteiger partial charge in [0.05, 0.1) is 0 Å². The minimum atomic E-state index is -4.07. The Morgan fingerprint density at radius 2 is 0.722 bits per heavy atom. The van der Waals surface area contributed by atoms with Gasteiger partial charge in [0.1, 0.15) is 0 Å². The first-order valence-electron chi connectivity index (χ1n) is 10.4. The molecule has 196 valence electrons. The molecule has 6 saturated heterocycles. The highest BCUT2D eigenvalue weighted by Gasteiger charge is 2.81. The van der Waals surface area contributed by atoms with Gasteiger partial charge in [0.2, 0.25) is 0 Å². The first-order chi connectivity index (χ1) is 16.9. The molecule has 0 N–H and O–H groups in total. The lowest BCUT2D eigenvalue weighted by Crippen LogP contribution is -2.87. The molecule has 4 atom stereocenters. The van der Waals surface area contributed by atoms with Crippen LogP contribution in [0.1, 0.15) is 0 Å². The summed E-state index contributed by atoms with van der Waals surface area (Å²) in [5, 5.41) is 0.411. The standard InChI is InChI=1S/C14H22Br2O12Si8/c1-7-29-17-30(8-2)20-33(11-5)22-31(9-3,18-29)24-35(14-13-15)25-32(10-4,19-29)23-34(12-6,21-30)27-36(16,26-33)28-35/h7-12H,1-6,13-14H2. The van der Waals surface area contributed by atoms with Crippen molar-refractivity contribution in [2.24, 2.45) is 0 Å². The van der Waals surface area contributed by atoms with Gasteiger partial charge in [-0.15, -0.1) is 39.5 Å². The number of alkyl halides is 1. The topological polar surface area (TPSA) is 111 Å². The van der Waals surface area contributed by atoms with Gasteiger partial charge in [0.25, 0.3) is 0 Å². The van der Waals surface area contributed by atoms with Gasteiger partial charge >= 0.3 is 69.1 Å². The van der Waals surface area contributed by atoms with Crippen LogP contribution in [0.25, 0.3) is 0 Å². The van der Waals surface area contributed by atoms with Crippen LogP contribution in [0.4, 0.5) is 0 Å². The molecule has 0 saturated carbocycles. The minimum Gasteiger partial charge on any atom is -0.370 e. The summed E-state index contributed by atoms with van der Waals surface area (Å²) < 4.78 is 78.8. The maximum absolute atomic E-state index is 6.66. The van der Waals surface area contributed by atoms with Crippen molar-refractivity contribution in [3.63, 3.8) is 0 Å². The summed E-state index contributed by atoms with van der Waals surface area (Å²) in [5.41, 5.74) is 8.33. The van der Waals surface area contributed by atoms with E-state index in [1.807, 2.05) is 0 Å².